The van der Waals surface area contributed by atoms with Gasteiger partial charge in [0.1, 0.15) is 0 Å². The van der Waals surface area contributed by atoms with Gasteiger partial charge in [0.2, 0.25) is 5.91 Å². The average molecular weight is 202 g/mol. The van der Waals surface area contributed by atoms with Crippen molar-refractivity contribution in [2.45, 2.75) is 20.3 Å². The van der Waals surface area contributed by atoms with E-state index < -0.39 is 0 Å². The second-order valence-electron chi connectivity index (χ2n) is 3.64. The first-order valence-corrected chi connectivity index (χ1v) is 5.19. The van der Waals surface area contributed by atoms with Gasteiger partial charge < -0.3 is 4.90 Å². The van der Waals surface area contributed by atoms with E-state index in [9.17, 15) is 4.79 Å². The summed E-state index contributed by atoms with van der Waals surface area (Å²) < 4.78 is 0. The molecule has 0 aromatic heterocycles. The lowest BCUT2D eigenvalue weighted by Gasteiger charge is -2.27. The standard InChI is InChI=1S/C10H16ClNO/c1-8-3-5-12(6-4-8)10(13)9(2)7-11/h3,9H,4-7H2,1-2H3. The molecule has 0 saturated heterocycles. The second kappa shape index (κ2) is 4.66. The maximum Gasteiger partial charge on any atom is 0.226 e. The Labute approximate surface area is 84.6 Å². The molecule has 0 bridgehead atoms. The highest BCUT2D eigenvalue weighted by Crippen LogP contribution is 2.13. The zero-order valence-corrected chi connectivity index (χ0v) is 8.97. The monoisotopic (exact) mass is 201 g/mol. The van der Waals surface area contributed by atoms with Crippen LogP contribution in [-0.2, 0) is 4.79 Å². The number of carbonyl (C=O) groups is 1. The molecule has 0 saturated carbocycles. The molecule has 0 spiro atoms. The van der Waals surface area contributed by atoms with Gasteiger partial charge >= 0.3 is 0 Å². The van der Waals surface area contributed by atoms with E-state index in [0.717, 1.165) is 19.5 Å². The summed E-state index contributed by atoms with van der Waals surface area (Å²) in [6.45, 7) is 5.58. The Morgan fingerprint density at radius 1 is 1.77 bits per heavy atom. The van der Waals surface area contributed by atoms with E-state index >= 15 is 0 Å². The molecule has 0 radical (unpaired) electrons. The van der Waals surface area contributed by atoms with Crippen LogP contribution in [0.5, 0.6) is 0 Å². The smallest absolute Gasteiger partial charge is 0.226 e. The van der Waals surface area contributed by atoms with Crippen LogP contribution in [0.1, 0.15) is 20.3 Å². The summed E-state index contributed by atoms with van der Waals surface area (Å²) in [5.41, 5.74) is 1.38. The third-order valence-electron chi connectivity index (χ3n) is 2.40. The predicted octanol–water partition coefficient (Wildman–Crippen LogP) is 2.04. The molecule has 0 aromatic carbocycles. The Kier molecular flexibility index (Phi) is 3.79. The normalized spacial score (nSPS) is 19.6. The van der Waals surface area contributed by atoms with E-state index in [2.05, 4.69) is 13.0 Å². The van der Waals surface area contributed by atoms with E-state index in [-0.39, 0.29) is 11.8 Å². The van der Waals surface area contributed by atoms with Gasteiger partial charge in [0.25, 0.3) is 0 Å². The van der Waals surface area contributed by atoms with Crippen LogP contribution in [0.25, 0.3) is 0 Å². The highest BCUT2D eigenvalue weighted by molar-refractivity contribution is 6.19. The zero-order valence-electron chi connectivity index (χ0n) is 8.22. The number of carbonyl (C=O) groups excluding carboxylic acids is 1. The van der Waals surface area contributed by atoms with E-state index in [0.29, 0.717) is 5.88 Å². The fourth-order valence-electron chi connectivity index (χ4n) is 1.35. The lowest BCUT2D eigenvalue weighted by molar-refractivity contribution is -0.133. The Morgan fingerprint density at radius 2 is 2.46 bits per heavy atom. The van der Waals surface area contributed by atoms with Gasteiger partial charge in [-0.1, -0.05) is 18.6 Å². The summed E-state index contributed by atoms with van der Waals surface area (Å²) >= 11 is 5.63. The Hall–Kier alpha value is -0.500. The molecule has 1 aliphatic rings. The lowest BCUT2D eigenvalue weighted by Crippen LogP contribution is -2.38. The van der Waals surface area contributed by atoms with Crippen molar-refractivity contribution in [3.05, 3.63) is 11.6 Å². The van der Waals surface area contributed by atoms with E-state index in [4.69, 9.17) is 11.6 Å². The van der Waals surface area contributed by atoms with Crippen LogP contribution >= 0.6 is 11.6 Å². The third-order valence-corrected chi connectivity index (χ3v) is 2.86. The third kappa shape index (κ3) is 2.73. The van der Waals surface area contributed by atoms with Crippen LogP contribution in [0, 0.1) is 5.92 Å². The number of halogens is 1. The molecule has 1 rings (SSSR count). The van der Waals surface area contributed by atoms with Crippen molar-refractivity contribution in [2.75, 3.05) is 19.0 Å². The number of hydrogen-bond donors (Lipinski definition) is 0. The van der Waals surface area contributed by atoms with Gasteiger partial charge in [0.05, 0.1) is 0 Å². The van der Waals surface area contributed by atoms with Crippen molar-refractivity contribution in [3.63, 3.8) is 0 Å². The van der Waals surface area contributed by atoms with Crippen molar-refractivity contribution in [1.82, 2.24) is 4.90 Å². The average Bonchev–Trinajstić information content (AvgIpc) is 2.17. The Bertz CT molecular complexity index is 225. The Balaban J connectivity index is 2.50. The predicted molar refractivity (Wildman–Crippen MR) is 54.8 cm³/mol. The zero-order chi connectivity index (χ0) is 9.84. The molecular weight excluding hydrogens is 186 g/mol. The number of hydrogen-bond acceptors (Lipinski definition) is 1. The lowest BCUT2D eigenvalue weighted by atomic mass is 10.1. The second-order valence-corrected chi connectivity index (χ2v) is 3.95. The van der Waals surface area contributed by atoms with Crippen LogP contribution in [0.2, 0.25) is 0 Å². The van der Waals surface area contributed by atoms with Gasteiger partial charge in [-0.05, 0) is 13.3 Å². The molecule has 3 heteroatoms. The highest BCUT2D eigenvalue weighted by Gasteiger charge is 2.20. The maximum atomic E-state index is 11.6. The number of amides is 1. The van der Waals surface area contributed by atoms with Gasteiger partial charge in [-0.25, -0.2) is 0 Å². The van der Waals surface area contributed by atoms with Crippen LogP contribution in [0.3, 0.4) is 0 Å². The van der Waals surface area contributed by atoms with Gasteiger partial charge in [-0.3, -0.25) is 4.79 Å². The molecule has 1 amide bonds. The molecule has 1 heterocycles. The minimum atomic E-state index is -0.0477. The van der Waals surface area contributed by atoms with E-state index in [1.54, 1.807) is 0 Å². The van der Waals surface area contributed by atoms with Crippen molar-refractivity contribution < 1.29 is 4.79 Å². The van der Waals surface area contributed by atoms with Crippen molar-refractivity contribution >= 4 is 17.5 Å². The first-order valence-electron chi connectivity index (χ1n) is 4.65. The Morgan fingerprint density at radius 3 is 2.92 bits per heavy atom. The minimum absolute atomic E-state index is 0.0477. The van der Waals surface area contributed by atoms with Gasteiger partial charge in [-0.2, -0.15) is 0 Å². The van der Waals surface area contributed by atoms with Crippen LogP contribution in [0.15, 0.2) is 11.6 Å². The molecular formula is C10H16ClNO. The number of nitrogens with zero attached hydrogens (tertiary/aromatic N) is 1. The molecule has 1 atom stereocenters. The van der Waals surface area contributed by atoms with Gasteiger partial charge in [0, 0.05) is 24.9 Å². The summed E-state index contributed by atoms with van der Waals surface area (Å²) in [7, 11) is 0. The highest BCUT2D eigenvalue weighted by atomic mass is 35.5. The fourth-order valence-corrected chi connectivity index (χ4v) is 1.48. The topological polar surface area (TPSA) is 20.3 Å². The molecule has 74 valence electrons. The SMILES string of the molecule is CC1=CCN(C(=O)C(C)CCl)CC1. The van der Waals surface area contributed by atoms with Gasteiger partial charge in [-0.15, -0.1) is 11.6 Å². The van der Waals surface area contributed by atoms with Crippen LogP contribution in [-0.4, -0.2) is 29.8 Å². The number of rotatable bonds is 2. The van der Waals surface area contributed by atoms with Crippen molar-refractivity contribution in [2.24, 2.45) is 5.92 Å². The largest absolute Gasteiger partial charge is 0.338 e. The molecule has 1 unspecified atom stereocenters. The molecule has 0 aliphatic carbocycles. The quantitative estimate of drug-likeness (QED) is 0.495. The number of alkyl halides is 1. The summed E-state index contributed by atoms with van der Waals surface area (Å²) in [6.07, 6.45) is 3.11. The summed E-state index contributed by atoms with van der Waals surface area (Å²) in [6, 6.07) is 0. The summed E-state index contributed by atoms with van der Waals surface area (Å²) in [5.74, 6) is 0.546. The summed E-state index contributed by atoms with van der Waals surface area (Å²) in [5, 5.41) is 0. The maximum absolute atomic E-state index is 11.6. The summed E-state index contributed by atoms with van der Waals surface area (Å²) in [4.78, 5) is 13.5. The van der Waals surface area contributed by atoms with Crippen LogP contribution in [0.4, 0.5) is 0 Å². The molecule has 0 N–H and O–H groups in total. The first-order chi connectivity index (χ1) is 6.15. The van der Waals surface area contributed by atoms with E-state index in [1.165, 1.54) is 5.57 Å². The van der Waals surface area contributed by atoms with Crippen molar-refractivity contribution in [1.29, 1.82) is 0 Å². The van der Waals surface area contributed by atoms with Gasteiger partial charge in [0.15, 0.2) is 0 Å². The first kappa shape index (κ1) is 10.6. The molecule has 2 nitrogen and oxygen atoms in total. The molecule has 0 fully saturated rings. The minimum Gasteiger partial charge on any atom is -0.338 e. The van der Waals surface area contributed by atoms with Crippen LogP contribution < -0.4 is 0 Å². The fraction of sp³-hybridized carbons (Fsp3) is 0.700. The molecule has 13 heavy (non-hydrogen) atoms. The molecule has 0 aromatic rings. The molecule has 1 aliphatic heterocycles. The van der Waals surface area contributed by atoms with E-state index in [1.807, 2.05) is 11.8 Å². The van der Waals surface area contributed by atoms with Crippen molar-refractivity contribution in [3.8, 4) is 0 Å².